The number of carbonyl (C=O) groups excluding carboxylic acids is 3. The van der Waals surface area contributed by atoms with E-state index in [1.165, 1.54) is 7.11 Å². The van der Waals surface area contributed by atoms with Crippen LogP contribution in [0.2, 0.25) is 0 Å². The van der Waals surface area contributed by atoms with Crippen molar-refractivity contribution in [2.75, 3.05) is 26.9 Å². The fourth-order valence-electron chi connectivity index (χ4n) is 4.36. The second kappa shape index (κ2) is 10.2. The fourth-order valence-corrected chi connectivity index (χ4v) is 4.36. The molecule has 2 heterocycles. The van der Waals surface area contributed by atoms with Crippen molar-refractivity contribution >= 4 is 17.7 Å². The molecule has 1 aromatic rings. The van der Waals surface area contributed by atoms with Gasteiger partial charge in [-0.05, 0) is 44.7 Å². The zero-order valence-corrected chi connectivity index (χ0v) is 19.3. The van der Waals surface area contributed by atoms with Gasteiger partial charge in [0, 0.05) is 23.6 Å². The third-order valence-electron chi connectivity index (χ3n) is 5.82. The van der Waals surface area contributed by atoms with E-state index < -0.39 is 23.8 Å². The molecule has 8 heteroatoms. The molecule has 0 bridgehead atoms. The van der Waals surface area contributed by atoms with E-state index in [4.69, 9.17) is 18.6 Å². The number of aryl methyl sites for hydroxylation is 1. The first-order valence-corrected chi connectivity index (χ1v) is 10.9. The summed E-state index contributed by atoms with van der Waals surface area (Å²) in [6, 6.07) is 3.53. The molecule has 3 atom stereocenters. The maximum absolute atomic E-state index is 13.5. The number of rotatable bonds is 8. The highest BCUT2D eigenvalue weighted by Gasteiger charge is 2.48. The van der Waals surface area contributed by atoms with E-state index in [1.807, 2.05) is 13.8 Å². The predicted octanol–water partition coefficient (Wildman–Crippen LogP) is 3.17. The first-order chi connectivity index (χ1) is 15.3. The molecule has 0 aromatic carbocycles. The lowest BCUT2D eigenvalue weighted by atomic mass is 9.70. The summed E-state index contributed by atoms with van der Waals surface area (Å²) in [4.78, 5) is 39.0. The van der Waals surface area contributed by atoms with Gasteiger partial charge in [-0.25, -0.2) is 4.79 Å². The Hall–Kier alpha value is -2.87. The number of nitrogens with one attached hydrogen (secondary N) is 1. The van der Waals surface area contributed by atoms with Gasteiger partial charge in [-0.3, -0.25) is 9.59 Å². The second-order valence-electron chi connectivity index (χ2n) is 8.23. The lowest BCUT2D eigenvalue weighted by Gasteiger charge is -2.37. The molecule has 2 aliphatic rings. The van der Waals surface area contributed by atoms with Crippen LogP contribution in [0.25, 0.3) is 0 Å². The van der Waals surface area contributed by atoms with Crippen molar-refractivity contribution in [1.82, 2.24) is 5.32 Å². The minimum absolute atomic E-state index is 0.0984. The van der Waals surface area contributed by atoms with Crippen LogP contribution in [0.3, 0.4) is 0 Å². The molecule has 1 aliphatic heterocycles. The van der Waals surface area contributed by atoms with Crippen LogP contribution in [0.4, 0.5) is 0 Å². The van der Waals surface area contributed by atoms with Crippen molar-refractivity contribution in [3.05, 3.63) is 46.2 Å². The van der Waals surface area contributed by atoms with Gasteiger partial charge >= 0.3 is 11.9 Å². The maximum Gasteiger partial charge on any atom is 0.336 e. The van der Waals surface area contributed by atoms with Crippen LogP contribution >= 0.6 is 0 Å². The highest BCUT2D eigenvalue weighted by atomic mass is 16.6. The van der Waals surface area contributed by atoms with Crippen LogP contribution in [0.5, 0.6) is 0 Å². The Morgan fingerprint density at radius 2 is 1.94 bits per heavy atom. The average Bonchev–Trinajstić information content (AvgIpc) is 3.18. The number of methoxy groups -OCH3 is 1. The summed E-state index contributed by atoms with van der Waals surface area (Å²) in [6.45, 7) is 8.39. The highest BCUT2D eigenvalue weighted by Crippen LogP contribution is 2.45. The van der Waals surface area contributed by atoms with Crippen LogP contribution < -0.4 is 5.32 Å². The largest absolute Gasteiger partial charge is 0.468 e. The van der Waals surface area contributed by atoms with Crippen LogP contribution in [0, 0.1) is 18.8 Å². The van der Waals surface area contributed by atoms with Crippen LogP contribution in [0.15, 0.2) is 39.1 Å². The zero-order chi connectivity index (χ0) is 23.4. The molecule has 1 aromatic heterocycles. The van der Waals surface area contributed by atoms with Crippen LogP contribution in [0.1, 0.15) is 51.1 Å². The number of ether oxygens (including phenoxy) is 3. The molecule has 0 amide bonds. The topological polar surface area (TPSA) is 104 Å². The first kappa shape index (κ1) is 23.8. The SMILES string of the molecule is CCCOCCOC(=O)C1=C(C)NC2=C(C(=O)[C@@H](C(=O)OC)[C@H](C)C2)[C@H]1c1ccc(C)o1. The molecule has 8 nitrogen and oxygen atoms in total. The Labute approximate surface area is 188 Å². The van der Waals surface area contributed by atoms with Crippen molar-refractivity contribution < 1.29 is 33.0 Å². The normalized spacial score (nSPS) is 23.0. The van der Waals surface area contributed by atoms with Crippen molar-refractivity contribution in [2.24, 2.45) is 11.8 Å². The number of allylic oxidation sites excluding steroid dienone is 3. The number of Topliss-reactive ketones (excluding diaryl/α,β-unsaturated/α-hetero) is 1. The molecule has 0 saturated carbocycles. The van der Waals surface area contributed by atoms with E-state index in [0.29, 0.717) is 53.7 Å². The Morgan fingerprint density at radius 3 is 2.56 bits per heavy atom. The van der Waals surface area contributed by atoms with E-state index in [0.717, 1.165) is 6.42 Å². The van der Waals surface area contributed by atoms with Gasteiger partial charge in [-0.1, -0.05) is 13.8 Å². The van der Waals surface area contributed by atoms with E-state index in [9.17, 15) is 14.4 Å². The molecule has 0 fully saturated rings. The lowest BCUT2D eigenvalue weighted by molar-refractivity contribution is -0.151. The van der Waals surface area contributed by atoms with E-state index in [-0.39, 0.29) is 18.3 Å². The average molecular weight is 446 g/mol. The van der Waals surface area contributed by atoms with Gasteiger partial charge in [-0.15, -0.1) is 0 Å². The summed E-state index contributed by atoms with van der Waals surface area (Å²) in [6.07, 6.45) is 1.35. The van der Waals surface area contributed by atoms with Gasteiger partial charge < -0.3 is 23.9 Å². The Morgan fingerprint density at radius 1 is 1.19 bits per heavy atom. The van der Waals surface area contributed by atoms with Gasteiger partial charge in [0.1, 0.15) is 24.0 Å². The molecule has 0 radical (unpaired) electrons. The minimum Gasteiger partial charge on any atom is -0.468 e. The zero-order valence-electron chi connectivity index (χ0n) is 19.3. The molecule has 174 valence electrons. The van der Waals surface area contributed by atoms with Crippen LogP contribution in [-0.4, -0.2) is 44.7 Å². The van der Waals surface area contributed by atoms with Crippen molar-refractivity contribution in [3.8, 4) is 0 Å². The smallest absolute Gasteiger partial charge is 0.336 e. The number of hydrogen-bond acceptors (Lipinski definition) is 8. The standard InChI is InChI=1S/C24H31NO7/c1-6-9-30-10-11-31-24(28)19-15(4)25-16-12-13(2)18(23(27)29-5)22(26)20(16)21(19)17-8-7-14(3)32-17/h7-8,13,18,21,25H,6,9-12H2,1-5H3/t13-,18+,21+/m1/s1. The van der Waals surface area contributed by atoms with E-state index >= 15 is 0 Å². The third-order valence-corrected chi connectivity index (χ3v) is 5.82. The van der Waals surface area contributed by atoms with Gasteiger partial charge in [0.25, 0.3) is 0 Å². The fraction of sp³-hybridized carbons (Fsp3) is 0.542. The number of furan rings is 1. The number of dihydropyridines is 1. The lowest BCUT2D eigenvalue weighted by Crippen LogP contribution is -2.43. The van der Waals surface area contributed by atoms with E-state index in [1.54, 1.807) is 26.0 Å². The van der Waals surface area contributed by atoms with Crippen molar-refractivity contribution in [2.45, 2.75) is 46.5 Å². The quantitative estimate of drug-likeness (QED) is 0.370. The van der Waals surface area contributed by atoms with Gasteiger partial charge in [0.2, 0.25) is 0 Å². The second-order valence-corrected chi connectivity index (χ2v) is 8.23. The molecule has 0 unspecified atom stereocenters. The predicted molar refractivity (Wildman–Crippen MR) is 115 cm³/mol. The molecule has 0 saturated heterocycles. The first-order valence-electron chi connectivity index (χ1n) is 10.9. The molecule has 3 rings (SSSR count). The summed E-state index contributed by atoms with van der Waals surface area (Å²) in [7, 11) is 1.27. The molecular formula is C24H31NO7. The molecule has 0 spiro atoms. The summed E-state index contributed by atoms with van der Waals surface area (Å²) in [5, 5.41) is 3.22. The number of ketones is 1. The number of carbonyl (C=O) groups is 3. The van der Waals surface area contributed by atoms with E-state index in [2.05, 4.69) is 5.32 Å². The number of esters is 2. The molecule has 1 N–H and O–H groups in total. The summed E-state index contributed by atoms with van der Waals surface area (Å²) in [5.74, 6) is -2.32. The third kappa shape index (κ3) is 4.65. The maximum atomic E-state index is 13.5. The van der Waals surface area contributed by atoms with Crippen molar-refractivity contribution in [1.29, 1.82) is 0 Å². The van der Waals surface area contributed by atoms with Crippen LogP contribution in [-0.2, 0) is 28.6 Å². The molecule has 1 aliphatic carbocycles. The molecular weight excluding hydrogens is 414 g/mol. The van der Waals surface area contributed by atoms with Crippen molar-refractivity contribution in [3.63, 3.8) is 0 Å². The summed E-state index contributed by atoms with van der Waals surface area (Å²) >= 11 is 0. The highest BCUT2D eigenvalue weighted by molar-refractivity contribution is 6.12. The van der Waals surface area contributed by atoms with Gasteiger partial charge in [0.05, 0.1) is 25.2 Å². The molecule has 32 heavy (non-hydrogen) atoms. The van der Waals surface area contributed by atoms with Gasteiger partial charge in [-0.2, -0.15) is 0 Å². The Balaban J connectivity index is 1.98. The minimum atomic E-state index is -0.933. The summed E-state index contributed by atoms with van der Waals surface area (Å²) in [5.41, 5.74) is 1.94. The monoisotopic (exact) mass is 445 g/mol. The Bertz CT molecular complexity index is 955. The van der Waals surface area contributed by atoms with Gasteiger partial charge in [0.15, 0.2) is 5.78 Å². The summed E-state index contributed by atoms with van der Waals surface area (Å²) < 4.78 is 21.6. The number of hydrogen-bond donors (Lipinski definition) is 1. The Kier molecular flexibility index (Phi) is 7.56.